The number of nitrogens with zero attached hydrogens (tertiary/aromatic N) is 8. The Morgan fingerprint density at radius 3 is 1.40 bits per heavy atom. The molecule has 0 aromatic carbocycles. The summed E-state index contributed by atoms with van der Waals surface area (Å²) in [7, 11) is 0. The first-order valence-electron chi connectivity index (χ1n) is 10.9. The number of aryl methyl sites for hydroxylation is 2. The Kier molecular flexibility index (Phi) is 10.1. The number of tetrazole rings is 2. The van der Waals surface area contributed by atoms with Gasteiger partial charge in [0.15, 0.2) is 0 Å². The minimum Gasteiger partial charge on any atom is -0.232 e. The molecule has 0 N–H and O–H groups in total. The molecule has 0 fully saturated rings. The molecular weight excluding hydrogens is 416 g/mol. The maximum atomic E-state index is 4.84. The third-order valence-corrected chi connectivity index (χ3v) is 6.99. The summed E-state index contributed by atoms with van der Waals surface area (Å²) in [6.45, 7) is 11.0. The minimum atomic E-state index is 0.261. The Morgan fingerprint density at radius 1 is 0.667 bits per heavy atom. The second-order valence-corrected chi connectivity index (χ2v) is 11.4. The molecular formula is C20H38N8S2. The highest BCUT2D eigenvalue weighted by Gasteiger charge is 2.21. The van der Waals surface area contributed by atoms with Crippen LogP contribution in [0.15, 0.2) is 12.7 Å². The fourth-order valence-electron chi connectivity index (χ4n) is 3.44. The van der Waals surface area contributed by atoms with Gasteiger partial charge in [-0.05, 0) is 83.1 Å². The molecule has 0 aliphatic heterocycles. The Balaban J connectivity index is 1.58. The molecule has 0 bridgehead atoms. The van der Waals surface area contributed by atoms with Crippen LogP contribution in [0.25, 0.3) is 0 Å². The van der Waals surface area contributed by atoms with Crippen LogP contribution >= 0.6 is 25.3 Å². The van der Waals surface area contributed by atoms with E-state index in [1.54, 1.807) is 22.0 Å². The van der Waals surface area contributed by atoms with E-state index in [2.05, 4.69) is 58.7 Å². The second kappa shape index (κ2) is 12.0. The van der Waals surface area contributed by atoms with Gasteiger partial charge in [0.25, 0.3) is 0 Å². The highest BCUT2D eigenvalue weighted by Crippen LogP contribution is 2.32. The zero-order valence-electron chi connectivity index (χ0n) is 18.9. The van der Waals surface area contributed by atoms with E-state index in [9.17, 15) is 0 Å². The predicted octanol–water partition coefficient (Wildman–Crippen LogP) is 4.13. The van der Waals surface area contributed by atoms with Gasteiger partial charge in [0, 0.05) is 23.6 Å². The largest absolute Gasteiger partial charge is 0.232 e. The molecule has 0 saturated heterocycles. The third kappa shape index (κ3) is 10.2. The number of hydrogen-bond acceptors (Lipinski definition) is 8. The van der Waals surface area contributed by atoms with E-state index in [1.165, 1.54) is 0 Å². The monoisotopic (exact) mass is 454 g/mol. The van der Waals surface area contributed by atoms with E-state index in [4.69, 9.17) is 25.3 Å². The van der Waals surface area contributed by atoms with Crippen LogP contribution in [-0.2, 0) is 13.1 Å². The normalized spacial score (nSPS) is 14.7. The SMILES string of the molecule is CC(C)(CCC(S)CCC(S)CCC(C)(C)CCn1cnnn1)CCn1cnnn1. The number of aromatic nitrogens is 8. The summed E-state index contributed by atoms with van der Waals surface area (Å²) in [5.41, 5.74) is 0.522. The summed E-state index contributed by atoms with van der Waals surface area (Å²) >= 11 is 9.69. The molecule has 0 aliphatic carbocycles. The molecule has 0 radical (unpaired) electrons. The van der Waals surface area contributed by atoms with Gasteiger partial charge in [-0.1, -0.05) is 27.7 Å². The Labute approximate surface area is 191 Å². The molecule has 8 nitrogen and oxygen atoms in total. The lowest BCUT2D eigenvalue weighted by molar-refractivity contribution is 0.269. The molecule has 0 aliphatic rings. The Morgan fingerprint density at radius 2 is 1.07 bits per heavy atom. The van der Waals surface area contributed by atoms with E-state index in [0.29, 0.717) is 10.5 Å². The van der Waals surface area contributed by atoms with Gasteiger partial charge in [-0.15, -0.1) is 10.2 Å². The molecule has 2 heterocycles. The summed E-state index contributed by atoms with van der Waals surface area (Å²) < 4.78 is 3.60. The molecule has 2 atom stereocenters. The Bertz CT molecular complexity index is 627. The fraction of sp³-hybridized carbons (Fsp3) is 0.900. The maximum Gasteiger partial charge on any atom is 0.138 e. The lowest BCUT2D eigenvalue weighted by Gasteiger charge is -2.27. The van der Waals surface area contributed by atoms with Crippen molar-refractivity contribution in [3.63, 3.8) is 0 Å². The number of hydrogen-bond donors (Lipinski definition) is 2. The minimum absolute atomic E-state index is 0.261. The molecule has 0 spiro atoms. The van der Waals surface area contributed by atoms with Crippen molar-refractivity contribution in [1.29, 1.82) is 0 Å². The third-order valence-electron chi connectivity index (χ3n) is 5.96. The van der Waals surface area contributed by atoms with Crippen molar-refractivity contribution in [2.75, 3.05) is 0 Å². The summed E-state index contributed by atoms with van der Waals surface area (Å²) in [5.74, 6) is 0. The van der Waals surface area contributed by atoms with Crippen LogP contribution in [-0.4, -0.2) is 50.9 Å². The molecule has 2 aromatic heterocycles. The topological polar surface area (TPSA) is 87.2 Å². The molecule has 2 rings (SSSR count). The zero-order chi connectivity index (χ0) is 22.0. The van der Waals surface area contributed by atoms with Gasteiger partial charge in [-0.2, -0.15) is 25.3 Å². The van der Waals surface area contributed by atoms with Crippen molar-refractivity contribution in [1.82, 2.24) is 40.4 Å². The van der Waals surface area contributed by atoms with Crippen LogP contribution in [0.5, 0.6) is 0 Å². The van der Waals surface area contributed by atoms with Gasteiger partial charge in [0.05, 0.1) is 0 Å². The van der Waals surface area contributed by atoms with Crippen molar-refractivity contribution in [3.05, 3.63) is 12.7 Å². The first-order chi connectivity index (χ1) is 14.2. The molecule has 30 heavy (non-hydrogen) atoms. The number of rotatable bonds is 15. The van der Waals surface area contributed by atoms with Gasteiger partial charge >= 0.3 is 0 Å². The zero-order valence-corrected chi connectivity index (χ0v) is 20.6. The predicted molar refractivity (Wildman–Crippen MR) is 126 cm³/mol. The second-order valence-electron chi connectivity index (χ2n) is 9.94. The van der Waals surface area contributed by atoms with Gasteiger partial charge in [-0.25, -0.2) is 9.36 Å². The summed E-state index contributed by atoms with van der Waals surface area (Å²) in [5, 5.41) is 23.5. The first-order valence-corrected chi connectivity index (χ1v) is 12.0. The summed E-state index contributed by atoms with van der Waals surface area (Å²) in [6.07, 6.45) is 12.3. The molecule has 0 amide bonds. The van der Waals surface area contributed by atoms with E-state index in [1.807, 2.05) is 0 Å². The van der Waals surface area contributed by atoms with Crippen molar-refractivity contribution in [3.8, 4) is 0 Å². The molecule has 2 unspecified atom stereocenters. The molecule has 10 heteroatoms. The van der Waals surface area contributed by atoms with Gasteiger partial charge < -0.3 is 0 Å². The quantitative estimate of drug-likeness (QED) is 0.394. The van der Waals surface area contributed by atoms with Gasteiger partial charge in [0.1, 0.15) is 12.7 Å². The highest BCUT2D eigenvalue weighted by molar-refractivity contribution is 7.81. The van der Waals surface area contributed by atoms with Crippen LogP contribution in [0.3, 0.4) is 0 Å². The molecule has 2 aromatic rings. The van der Waals surface area contributed by atoms with Crippen molar-refractivity contribution in [2.45, 2.75) is 103 Å². The molecule has 0 saturated carbocycles. The van der Waals surface area contributed by atoms with Crippen LogP contribution in [0.4, 0.5) is 0 Å². The summed E-state index contributed by atoms with van der Waals surface area (Å²) in [6, 6.07) is 0. The van der Waals surface area contributed by atoms with Crippen LogP contribution in [0.2, 0.25) is 0 Å². The standard InChI is InChI=1S/C20H38N8S2/c1-19(2,11-13-27-15-21-23-25-27)9-7-17(29)5-6-18(30)8-10-20(3,4)12-14-28-16-22-24-26-28/h15-18,29-30H,5-14H2,1-4H3. The highest BCUT2D eigenvalue weighted by atomic mass is 32.1. The van der Waals surface area contributed by atoms with Gasteiger partial charge in [-0.3, -0.25) is 0 Å². The van der Waals surface area contributed by atoms with E-state index >= 15 is 0 Å². The molecule has 170 valence electrons. The summed E-state index contributed by atoms with van der Waals surface area (Å²) in [4.78, 5) is 0. The fourth-order valence-corrected chi connectivity index (χ4v) is 3.99. The maximum absolute atomic E-state index is 4.84. The van der Waals surface area contributed by atoms with Crippen LogP contribution in [0.1, 0.15) is 79.1 Å². The van der Waals surface area contributed by atoms with Crippen molar-refractivity contribution in [2.24, 2.45) is 10.8 Å². The average molecular weight is 455 g/mol. The van der Waals surface area contributed by atoms with E-state index < -0.39 is 0 Å². The lowest BCUT2D eigenvalue weighted by Crippen LogP contribution is -2.18. The number of thiol groups is 2. The van der Waals surface area contributed by atoms with E-state index in [0.717, 1.165) is 64.5 Å². The van der Waals surface area contributed by atoms with Crippen molar-refractivity contribution < 1.29 is 0 Å². The smallest absolute Gasteiger partial charge is 0.138 e. The van der Waals surface area contributed by atoms with Crippen LogP contribution < -0.4 is 0 Å². The van der Waals surface area contributed by atoms with Crippen molar-refractivity contribution >= 4 is 25.3 Å². The first kappa shape index (κ1) is 25.1. The van der Waals surface area contributed by atoms with E-state index in [-0.39, 0.29) is 10.8 Å². The Hall–Kier alpha value is -1.16. The average Bonchev–Trinajstić information content (AvgIpc) is 3.40. The van der Waals surface area contributed by atoms with Crippen LogP contribution in [0, 0.1) is 10.8 Å². The van der Waals surface area contributed by atoms with Gasteiger partial charge in [0.2, 0.25) is 0 Å². The lowest BCUT2D eigenvalue weighted by atomic mass is 9.82.